The van der Waals surface area contributed by atoms with Gasteiger partial charge in [0.15, 0.2) is 6.29 Å². The van der Waals surface area contributed by atoms with Gasteiger partial charge in [-0.15, -0.1) is 0 Å². The summed E-state index contributed by atoms with van der Waals surface area (Å²) in [5.41, 5.74) is 6.49. The second-order valence-corrected chi connectivity index (χ2v) is 1.75. The third-order valence-corrected chi connectivity index (χ3v) is 1.12. The number of carbonyl (C=O) groups is 1. The number of benzene rings is 1. The van der Waals surface area contributed by atoms with Gasteiger partial charge in [-0.25, -0.2) is 0 Å². The summed E-state index contributed by atoms with van der Waals surface area (Å²) in [4.78, 5) is 10.1. The van der Waals surface area contributed by atoms with Crippen molar-refractivity contribution in [3.05, 3.63) is 29.8 Å². The Labute approximate surface area is 83.2 Å². The van der Waals surface area contributed by atoms with Gasteiger partial charge >= 0.3 is 29.6 Å². The van der Waals surface area contributed by atoms with Crippen LogP contribution in [0.15, 0.2) is 24.3 Å². The fourth-order valence-corrected chi connectivity index (χ4v) is 0.618. The van der Waals surface area contributed by atoms with Gasteiger partial charge in [0, 0.05) is 11.3 Å². The van der Waals surface area contributed by atoms with Crippen molar-refractivity contribution >= 4 is 12.0 Å². The molecule has 1 aromatic rings. The van der Waals surface area contributed by atoms with Crippen molar-refractivity contribution in [2.24, 2.45) is 0 Å². The molecule has 0 amide bonds. The second-order valence-electron chi connectivity index (χ2n) is 1.75. The maximum Gasteiger partial charge on any atom is 1.00 e. The Balaban J connectivity index is 0. The average molecular weight is 145 g/mol. The van der Waals surface area contributed by atoms with E-state index in [1.165, 1.54) is 0 Å². The largest absolute Gasteiger partial charge is 1.00 e. The molecule has 0 radical (unpaired) electrons. The van der Waals surface area contributed by atoms with E-state index in [0.717, 1.165) is 6.29 Å². The quantitative estimate of drug-likeness (QED) is 0.288. The zero-order valence-corrected chi connectivity index (χ0v) is 7.87. The Morgan fingerprint density at radius 1 is 1.40 bits per heavy atom. The molecule has 0 heterocycles. The van der Waals surface area contributed by atoms with Crippen LogP contribution in [0.2, 0.25) is 0 Å². The van der Waals surface area contributed by atoms with Gasteiger partial charge < -0.3 is 7.16 Å². The minimum atomic E-state index is 0. The Bertz CT molecular complexity index is 229. The fraction of sp³-hybridized carbons (Fsp3) is 0. The molecule has 0 aliphatic heterocycles. The van der Waals surface area contributed by atoms with Crippen LogP contribution in [0.1, 0.15) is 11.8 Å². The van der Waals surface area contributed by atoms with Crippen molar-refractivity contribution < 1.29 is 35.8 Å². The van der Waals surface area contributed by atoms with E-state index in [4.69, 9.17) is 5.73 Å². The zero-order chi connectivity index (χ0) is 6.69. The molecular weight excluding hydrogens is 137 g/mol. The molecule has 0 unspecified atom stereocenters. The van der Waals surface area contributed by atoms with E-state index in [1.54, 1.807) is 24.3 Å². The van der Waals surface area contributed by atoms with Gasteiger partial charge in [0.05, 0.1) is 0 Å². The molecule has 0 atom stereocenters. The predicted molar refractivity (Wildman–Crippen MR) is 37.4 cm³/mol. The molecule has 0 aromatic heterocycles. The minimum Gasteiger partial charge on any atom is -1.00 e. The molecule has 0 spiro atoms. The van der Waals surface area contributed by atoms with Gasteiger partial charge in [-0.1, -0.05) is 12.1 Å². The van der Waals surface area contributed by atoms with Gasteiger partial charge in [-0.05, 0) is 12.1 Å². The van der Waals surface area contributed by atoms with Crippen molar-refractivity contribution in [3.8, 4) is 0 Å². The molecule has 2 N–H and O–H groups in total. The molecule has 0 bridgehead atoms. The Kier molecular flexibility index (Phi) is 4.36. The number of anilines is 1. The monoisotopic (exact) mass is 145 g/mol. The number of para-hydroxylation sites is 1. The van der Waals surface area contributed by atoms with Gasteiger partial charge in [-0.2, -0.15) is 0 Å². The smallest absolute Gasteiger partial charge is 1.00 e. The van der Waals surface area contributed by atoms with E-state index < -0.39 is 0 Å². The molecule has 1 rings (SSSR count). The van der Waals surface area contributed by atoms with Gasteiger partial charge in [0.25, 0.3) is 0 Å². The first kappa shape index (κ1) is 9.69. The zero-order valence-electron chi connectivity index (χ0n) is 6.87. The number of hydrogen-bond donors (Lipinski definition) is 1. The summed E-state index contributed by atoms with van der Waals surface area (Å²) in [6.07, 6.45) is 0.745. The first-order valence-corrected chi connectivity index (χ1v) is 2.64. The normalized spacial score (nSPS) is 8.00. The average Bonchev–Trinajstić information content (AvgIpc) is 1.89. The molecule has 0 fully saturated rings. The van der Waals surface area contributed by atoms with E-state index in [9.17, 15) is 4.79 Å². The molecule has 0 aliphatic carbocycles. The van der Waals surface area contributed by atoms with E-state index in [1.807, 2.05) is 0 Å². The van der Waals surface area contributed by atoms with Crippen LogP contribution in [-0.4, -0.2) is 6.29 Å². The second kappa shape index (κ2) is 4.50. The summed E-state index contributed by atoms with van der Waals surface area (Å²) in [6, 6.07) is 6.95. The number of hydrogen-bond acceptors (Lipinski definition) is 2. The summed E-state index contributed by atoms with van der Waals surface area (Å²) < 4.78 is 0. The van der Waals surface area contributed by atoms with Crippen LogP contribution in [0.4, 0.5) is 5.69 Å². The first-order valence-electron chi connectivity index (χ1n) is 2.64. The van der Waals surface area contributed by atoms with E-state index in [0.29, 0.717) is 11.3 Å². The third-order valence-electron chi connectivity index (χ3n) is 1.12. The molecular formula is C7H8NNaO. The van der Waals surface area contributed by atoms with Crippen LogP contribution in [0.5, 0.6) is 0 Å². The number of aldehydes is 1. The number of rotatable bonds is 1. The minimum absolute atomic E-state index is 0. The number of nitrogen functional groups attached to an aromatic ring is 1. The van der Waals surface area contributed by atoms with Crippen LogP contribution in [0.3, 0.4) is 0 Å². The molecule has 0 aliphatic rings. The third kappa shape index (κ3) is 2.14. The summed E-state index contributed by atoms with van der Waals surface area (Å²) >= 11 is 0. The van der Waals surface area contributed by atoms with Crippen molar-refractivity contribution in [1.82, 2.24) is 0 Å². The molecule has 48 valence electrons. The van der Waals surface area contributed by atoms with Crippen LogP contribution < -0.4 is 35.3 Å². The van der Waals surface area contributed by atoms with Crippen LogP contribution in [0, 0.1) is 0 Å². The summed E-state index contributed by atoms with van der Waals surface area (Å²) in [5, 5.41) is 0. The van der Waals surface area contributed by atoms with Gasteiger partial charge in [0.2, 0.25) is 0 Å². The van der Waals surface area contributed by atoms with Crippen molar-refractivity contribution in [3.63, 3.8) is 0 Å². The van der Waals surface area contributed by atoms with E-state index in [2.05, 4.69) is 0 Å². The Morgan fingerprint density at radius 3 is 2.40 bits per heavy atom. The van der Waals surface area contributed by atoms with Crippen molar-refractivity contribution in [1.29, 1.82) is 0 Å². The number of nitrogens with two attached hydrogens (primary N) is 1. The van der Waals surface area contributed by atoms with Gasteiger partial charge in [0.1, 0.15) is 0 Å². The molecule has 0 saturated carbocycles. The van der Waals surface area contributed by atoms with Crippen LogP contribution in [0.25, 0.3) is 0 Å². The van der Waals surface area contributed by atoms with Crippen molar-refractivity contribution in [2.75, 3.05) is 5.73 Å². The van der Waals surface area contributed by atoms with Crippen LogP contribution in [-0.2, 0) is 0 Å². The molecule has 0 saturated heterocycles. The fourth-order valence-electron chi connectivity index (χ4n) is 0.618. The molecule has 2 nitrogen and oxygen atoms in total. The number of carbonyl (C=O) groups excluding carboxylic acids is 1. The van der Waals surface area contributed by atoms with E-state index in [-0.39, 0.29) is 31.0 Å². The maximum atomic E-state index is 10.1. The molecule has 1 aromatic carbocycles. The SMILES string of the molecule is Nc1ccccc1C=O.[H-].[Na+]. The molecule has 10 heavy (non-hydrogen) atoms. The topological polar surface area (TPSA) is 43.1 Å². The summed E-state index contributed by atoms with van der Waals surface area (Å²) in [7, 11) is 0. The van der Waals surface area contributed by atoms with Crippen molar-refractivity contribution in [2.45, 2.75) is 0 Å². The Morgan fingerprint density at radius 2 is 2.00 bits per heavy atom. The first-order chi connectivity index (χ1) is 4.34. The maximum absolute atomic E-state index is 10.1. The Hall–Kier alpha value is -0.310. The van der Waals surface area contributed by atoms with E-state index >= 15 is 0 Å². The predicted octanol–water partition coefficient (Wildman–Crippen LogP) is -1.80. The summed E-state index contributed by atoms with van der Waals surface area (Å²) in [6.45, 7) is 0. The standard InChI is InChI=1S/C7H7NO.Na.H/c8-7-4-2-1-3-6(7)5-9;;/h1-5H,8H2;;/q;+1;-1. The molecule has 3 heteroatoms. The van der Waals surface area contributed by atoms with Crippen LogP contribution >= 0.6 is 0 Å². The summed E-state index contributed by atoms with van der Waals surface area (Å²) in [5.74, 6) is 0. The van der Waals surface area contributed by atoms with Gasteiger partial charge in [-0.3, -0.25) is 4.79 Å².